The third-order valence-electron chi connectivity index (χ3n) is 7.12. The average Bonchev–Trinajstić information content (AvgIpc) is 3.67. The van der Waals surface area contributed by atoms with Crippen LogP contribution in [0.1, 0.15) is 28.8 Å². The lowest BCUT2D eigenvalue weighted by Gasteiger charge is -2.25. The highest BCUT2D eigenvalue weighted by molar-refractivity contribution is 6.00. The number of benzene rings is 3. The molecular formula is C32H34N4O5. The summed E-state index contributed by atoms with van der Waals surface area (Å²) in [5.41, 5.74) is 3.72. The number of nitrogens with zero attached hydrogens (tertiary/aromatic N) is 3. The Hall–Kier alpha value is -4.63. The highest BCUT2D eigenvalue weighted by Gasteiger charge is 2.27. The highest BCUT2D eigenvalue weighted by atomic mass is 16.5. The van der Waals surface area contributed by atoms with E-state index in [2.05, 4.69) is 5.32 Å². The van der Waals surface area contributed by atoms with E-state index in [0.29, 0.717) is 41.9 Å². The molecule has 1 saturated heterocycles. The molecule has 1 aliphatic rings. The zero-order valence-corrected chi connectivity index (χ0v) is 23.5. The van der Waals surface area contributed by atoms with Crippen molar-refractivity contribution >= 4 is 17.8 Å². The number of nitrogens with one attached hydrogen (secondary N) is 1. The van der Waals surface area contributed by atoms with Gasteiger partial charge >= 0.3 is 0 Å². The molecule has 2 heterocycles. The monoisotopic (exact) mass is 554 g/mol. The predicted molar refractivity (Wildman–Crippen MR) is 157 cm³/mol. The minimum absolute atomic E-state index is 0.103. The molecular weight excluding hydrogens is 520 g/mol. The van der Waals surface area contributed by atoms with E-state index in [1.54, 1.807) is 35.8 Å². The summed E-state index contributed by atoms with van der Waals surface area (Å²) in [6.45, 7) is 2.74. The Bertz CT molecular complexity index is 1510. The van der Waals surface area contributed by atoms with Gasteiger partial charge in [0.2, 0.25) is 11.9 Å². The fourth-order valence-electron chi connectivity index (χ4n) is 4.96. The van der Waals surface area contributed by atoms with Gasteiger partial charge < -0.3 is 19.1 Å². The number of methoxy groups -OCH3 is 2. The minimum atomic E-state index is -0.364. The maximum atomic E-state index is 13.6. The Kier molecular flexibility index (Phi) is 8.64. The van der Waals surface area contributed by atoms with Crippen molar-refractivity contribution in [1.82, 2.24) is 14.5 Å². The fraction of sp³-hybridized carbons (Fsp3) is 0.281. The van der Waals surface area contributed by atoms with Gasteiger partial charge in [-0.15, -0.1) is 0 Å². The molecule has 0 aliphatic carbocycles. The molecule has 0 spiro atoms. The van der Waals surface area contributed by atoms with E-state index in [-0.39, 0.29) is 24.5 Å². The molecule has 9 heteroatoms. The van der Waals surface area contributed by atoms with Crippen LogP contribution >= 0.6 is 0 Å². The lowest BCUT2D eigenvalue weighted by atomic mass is 10.1. The maximum absolute atomic E-state index is 13.6. The second-order valence-electron chi connectivity index (χ2n) is 9.91. The largest absolute Gasteiger partial charge is 0.493 e. The van der Waals surface area contributed by atoms with Gasteiger partial charge in [-0.1, -0.05) is 48.5 Å². The number of carbonyl (C=O) groups excluding carboxylic acids is 2. The van der Waals surface area contributed by atoms with Crippen LogP contribution in [0, 0.1) is 6.92 Å². The van der Waals surface area contributed by atoms with E-state index < -0.39 is 0 Å². The first-order valence-corrected chi connectivity index (χ1v) is 13.6. The number of anilines is 1. The molecule has 41 heavy (non-hydrogen) atoms. The molecule has 9 nitrogen and oxygen atoms in total. The van der Waals surface area contributed by atoms with E-state index in [0.717, 1.165) is 29.7 Å². The first-order chi connectivity index (χ1) is 20.0. The van der Waals surface area contributed by atoms with Gasteiger partial charge in [-0.05, 0) is 43.5 Å². The molecule has 3 aromatic carbocycles. The van der Waals surface area contributed by atoms with Gasteiger partial charge in [-0.25, -0.2) is 4.98 Å². The normalized spacial score (nSPS) is 14.5. The number of aryl methyl sites for hydroxylation is 1. The average molecular weight is 555 g/mol. The number of aromatic nitrogens is 2. The molecule has 0 radical (unpaired) electrons. The first kappa shape index (κ1) is 27.9. The summed E-state index contributed by atoms with van der Waals surface area (Å²) in [7, 11) is 3.15. The second-order valence-corrected chi connectivity index (χ2v) is 9.91. The van der Waals surface area contributed by atoms with Gasteiger partial charge in [0.05, 0.1) is 31.7 Å². The summed E-state index contributed by atoms with van der Waals surface area (Å²) in [4.78, 5) is 33.4. The Labute approximate surface area is 239 Å². The van der Waals surface area contributed by atoms with Crippen molar-refractivity contribution < 1.29 is 23.8 Å². The molecule has 4 aromatic rings. The highest BCUT2D eigenvalue weighted by Crippen LogP contribution is 2.32. The zero-order chi connectivity index (χ0) is 28.8. The van der Waals surface area contributed by atoms with Gasteiger partial charge in [0.25, 0.3) is 5.91 Å². The number of imidazole rings is 1. The molecule has 1 aliphatic heterocycles. The van der Waals surface area contributed by atoms with Crippen molar-refractivity contribution in [3.63, 3.8) is 0 Å². The van der Waals surface area contributed by atoms with Crippen LogP contribution in [0.15, 0.2) is 79.0 Å². The minimum Gasteiger partial charge on any atom is -0.493 e. The van der Waals surface area contributed by atoms with Crippen LogP contribution < -0.4 is 14.8 Å². The third-order valence-corrected chi connectivity index (χ3v) is 7.12. The van der Waals surface area contributed by atoms with Crippen molar-refractivity contribution in [3.8, 4) is 28.4 Å². The van der Waals surface area contributed by atoms with E-state index in [1.807, 2.05) is 73.8 Å². The van der Waals surface area contributed by atoms with Crippen LogP contribution in [-0.4, -0.2) is 66.3 Å². The smallest absolute Gasteiger partial charge is 0.254 e. The molecule has 1 fully saturated rings. The zero-order valence-electron chi connectivity index (χ0n) is 23.5. The standard InChI is InChI=1S/C32H34N4O5/c1-22-10-7-8-14-26(22)31(38)35(19-25-13-9-17-41-25)21-30(37)34-32-33-27(23-11-5-4-6-12-23)20-36(32)24-15-16-28(39-2)29(18-24)40-3/h4-8,10-12,14-16,18,20,25H,9,13,17,19,21H2,1-3H3,(H,33,34,37). The molecule has 0 bridgehead atoms. The van der Waals surface area contributed by atoms with Crippen LogP contribution in [0.25, 0.3) is 16.9 Å². The number of amides is 2. The van der Waals surface area contributed by atoms with E-state index in [1.165, 1.54) is 0 Å². The SMILES string of the molecule is COc1ccc(-n2cc(-c3ccccc3)nc2NC(=O)CN(CC2CCCO2)C(=O)c2ccccc2C)cc1OC. The van der Waals surface area contributed by atoms with Crippen LogP contribution in [0.2, 0.25) is 0 Å². The fourth-order valence-corrected chi connectivity index (χ4v) is 4.96. The maximum Gasteiger partial charge on any atom is 0.254 e. The van der Waals surface area contributed by atoms with Crippen molar-refractivity contribution in [3.05, 3.63) is 90.1 Å². The van der Waals surface area contributed by atoms with Crippen molar-refractivity contribution in [2.24, 2.45) is 0 Å². The molecule has 1 unspecified atom stereocenters. The van der Waals surface area contributed by atoms with Gasteiger partial charge in [-0.2, -0.15) is 0 Å². The van der Waals surface area contributed by atoms with E-state index in [4.69, 9.17) is 19.2 Å². The quantitative estimate of drug-likeness (QED) is 0.292. The third kappa shape index (κ3) is 6.41. The van der Waals surface area contributed by atoms with Gasteiger partial charge in [0, 0.05) is 36.5 Å². The Balaban J connectivity index is 1.45. The van der Waals surface area contributed by atoms with Gasteiger partial charge in [0.1, 0.15) is 6.54 Å². The molecule has 1 aromatic heterocycles. The number of carbonyl (C=O) groups is 2. The summed E-state index contributed by atoms with van der Waals surface area (Å²) in [6.07, 6.45) is 3.54. The van der Waals surface area contributed by atoms with Crippen LogP contribution in [0.5, 0.6) is 11.5 Å². The van der Waals surface area contributed by atoms with Gasteiger partial charge in [0.15, 0.2) is 11.5 Å². The van der Waals surface area contributed by atoms with Crippen LogP contribution in [-0.2, 0) is 9.53 Å². The summed E-state index contributed by atoms with van der Waals surface area (Å²) in [5, 5.41) is 2.95. The number of rotatable bonds is 10. The Morgan fingerprint density at radius 3 is 2.49 bits per heavy atom. The summed E-state index contributed by atoms with van der Waals surface area (Å²) in [6, 6.07) is 22.6. The molecule has 212 valence electrons. The van der Waals surface area contributed by atoms with E-state index in [9.17, 15) is 9.59 Å². The van der Waals surface area contributed by atoms with Crippen molar-refractivity contribution in [2.75, 3.05) is 39.2 Å². The first-order valence-electron chi connectivity index (χ1n) is 13.6. The van der Waals surface area contributed by atoms with E-state index >= 15 is 0 Å². The number of hydrogen-bond donors (Lipinski definition) is 1. The lowest BCUT2D eigenvalue weighted by Crippen LogP contribution is -2.42. The Morgan fingerprint density at radius 2 is 1.78 bits per heavy atom. The molecule has 1 N–H and O–H groups in total. The summed E-state index contributed by atoms with van der Waals surface area (Å²) < 4.78 is 18.5. The van der Waals surface area contributed by atoms with Crippen molar-refractivity contribution in [1.29, 1.82) is 0 Å². The molecule has 2 amide bonds. The number of ether oxygens (including phenoxy) is 3. The molecule has 5 rings (SSSR count). The molecule has 1 atom stereocenters. The molecule has 0 saturated carbocycles. The lowest BCUT2D eigenvalue weighted by molar-refractivity contribution is -0.117. The Morgan fingerprint density at radius 1 is 1.02 bits per heavy atom. The van der Waals surface area contributed by atoms with Crippen molar-refractivity contribution in [2.45, 2.75) is 25.9 Å². The predicted octanol–water partition coefficient (Wildman–Crippen LogP) is 5.12. The topological polar surface area (TPSA) is 94.9 Å². The summed E-state index contributed by atoms with van der Waals surface area (Å²) >= 11 is 0. The van der Waals surface area contributed by atoms with Crippen LogP contribution in [0.3, 0.4) is 0 Å². The van der Waals surface area contributed by atoms with Gasteiger partial charge in [-0.3, -0.25) is 19.5 Å². The second kappa shape index (κ2) is 12.7. The number of hydrogen-bond acceptors (Lipinski definition) is 6. The summed E-state index contributed by atoms with van der Waals surface area (Å²) in [5.74, 6) is 0.883. The van der Waals surface area contributed by atoms with Crippen LogP contribution in [0.4, 0.5) is 5.95 Å².